The number of hydrogen-bond donors (Lipinski definition) is 2. The first-order valence-corrected chi connectivity index (χ1v) is 8.91. The van der Waals surface area contributed by atoms with E-state index in [1.807, 2.05) is 18.2 Å². The Kier molecular flexibility index (Phi) is 7.62. The highest BCUT2D eigenvalue weighted by Crippen LogP contribution is 2.23. The monoisotopic (exact) mass is 336 g/mol. The van der Waals surface area contributed by atoms with E-state index < -0.39 is 6.04 Å². The lowest BCUT2D eigenvalue weighted by Gasteiger charge is -2.23. The molecule has 2 atom stereocenters. The van der Waals surface area contributed by atoms with Gasteiger partial charge in [0.1, 0.15) is 6.04 Å². The van der Waals surface area contributed by atoms with E-state index in [1.54, 1.807) is 11.8 Å². The highest BCUT2D eigenvalue weighted by Gasteiger charge is 2.23. The molecular formula is C18H28N2O2S. The van der Waals surface area contributed by atoms with Crippen molar-refractivity contribution in [3.8, 4) is 0 Å². The number of amides is 2. The van der Waals surface area contributed by atoms with E-state index in [0.717, 1.165) is 0 Å². The molecule has 2 unspecified atom stereocenters. The summed E-state index contributed by atoms with van der Waals surface area (Å²) in [4.78, 5) is 23.7. The summed E-state index contributed by atoms with van der Waals surface area (Å²) in [6.45, 7) is 10.4. The molecule has 2 amide bonds. The van der Waals surface area contributed by atoms with E-state index in [1.165, 1.54) is 12.5 Å². The molecule has 128 valence electrons. The Morgan fingerprint density at radius 2 is 1.78 bits per heavy atom. The largest absolute Gasteiger partial charge is 0.354 e. The molecular weight excluding hydrogens is 308 g/mol. The Morgan fingerprint density at radius 3 is 2.30 bits per heavy atom. The minimum Gasteiger partial charge on any atom is -0.354 e. The molecule has 0 bridgehead atoms. The van der Waals surface area contributed by atoms with Gasteiger partial charge in [-0.15, -0.1) is 0 Å². The van der Waals surface area contributed by atoms with Crippen LogP contribution in [0.2, 0.25) is 0 Å². The summed E-state index contributed by atoms with van der Waals surface area (Å²) in [5, 5.41) is 5.70. The second-order valence-corrected chi connectivity index (χ2v) is 8.58. The van der Waals surface area contributed by atoms with Gasteiger partial charge in [0, 0.05) is 24.0 Å². The van der Waals surface area contributed by atoms with Crippen molar-refractivity contribution < 1.29 is 9.59 Å². The van der Waals surface area contributed by atoms with Crippen LogP contribution >= 0.6 is 11.8 Å². The fourth-order valence-corrected chi connectivity index (χ4v) is 2.94. The van der Waals surface area contributed by atoms with Crippen molar-refractivity contribution in [3.05, 3.63) is 35.9 Å². The summed E-state index contributed by atoms with van der Waals surface area (Å²) in [7, 11) is 0. The SMILES string of the molecule is CC(=O)NC(CSC(C)(C)C)C(=O)NCC(C)c1ccccc1. The van der Waals surface area contributed by atoms with E-state index in [0.29, 0.717) is 12.3 Å². The molecule has 1 rings (SSSR count). The average Bonchev–Trinajstić information content (AvgIpc) is 2.48. The van der Waals surface area contributed by atoms with Gasteiger partial charge in [0.15, 0.2) is 0 Å². The first-order valence-electron chi connectivity index (χ1n) is 7.93. The van der Waals surface area contributed by atoms with Gasteiger partial charge in [0.25, 0.3) is 0 Å². The zero-order chi connectivity index (χ0) is 17.5. The topological polar surface area (TPSA) is 58.2 Å². The Balaban J connectivity index is 2.57. The van der Waals surface area contributed by atoms with Crippen molar-refractivity contribution >= 4 is 23.6 Å². The zero-order valence-corrected chi connectivity index (χ0v) is 15.5. The van der Waals surface area contributed by atoms with Gasteiger partial charge in [-0.3, -0.25) is 9.59 Å². The first kappa shape index (κ1) is 19.6. The summed E-state index contributed by atoms with van der Waals surface area (Å²) in [5.41, 5.74) is 1.19. The van der Waals surface area contributed by atoms with Crippen LogP contribution in [0, 0.1) is 0 Å². The first-order chi connectivity index (χ1) is 10.7. The molecule has 23 heavy (non-hydrogen) atoms. The Hall–Kier alpha value is -1.49. The molecule has 0 saturated carbocycles. The maximum absolute atomic E-state index is 12.4. The molecule has 0 aliphatic carbocycles. The van der Waals surface area contributed by atoms with Crippen LogP contribution in [0.15, 0.2) is 30.3 Å². The third-order valence-electron chi connectivity index (χ3n) is 3.33. The van der Waals surface area contributed by atoms with Crippen molar-refractivity contribution in [2.75, 3.05) is 12.3 Å². The third-order valence-corrected chi connectivity index (χ3v) is 4.69. The smallest absolute Gasteiger partial charge is 0.243 e. The molecule has 5 heteroatoms. The van der Waals surface area contributed by atoms with Crippen molar-refractivity contribution in [1.82, 2.24) is 10.6 Å². The van der Waals surface area contributed by atoms with Crippen LogP contribution < -0.4 is 10.6 Å². The van der Waals surface area contributed by atoms with Crippen LogP contribution in [0.25, 0.3) is 0 Å². The van der Waals surface area contributed by atoms with Crippen LogP contribution in [-0.4, -0.2) is 34.9 Å². The van der Waals surface area contributed by atoms with Gasteiger partial charge in [-0.05, 0) is 11.5 Å². The standard InChI is InChI=1S/C18H28N2O2S/c1-13(15-9-7-6-8-10-15)11-19-17(22)16(20-14(2)21)12-23-18(3,4)5/h6-10,13,16H,11-12H2,1-5H3,(H,19,22)(H,20,21). The highest BCUT2D eigenvalue weighted by atomic mass is 32.2. The van der Waals surface area contributed by atoms with Crippen molar-refractivity contribution in [1.29, 1.82) is 0 Å². The number of benzene rings is 1. The molecule has 2 N–H and O–H groups in total. The van der Waals surface area contributed by atoms with Crippen molar-refractivity contribution in [2.45, 2.75) is 51.3 Å². The van der Waals surface area contributed by atoms with Crippen molar-refractivity contribution in [3.63, 3.8) is 0 Å². The molecule has 1 aromatic rings. The van der Waals surface area contributed by atoms with Gasteiger partial charge >= 0.3 is 0 Å². The van der Waals surface area contributed by atoms with Crippen LogP contribution in [0.3, 0.4) is 0 Å². The molecule has 0 heterocycles. The zero-order valence-electron chi connectivity index (χ0n) is 14.7. The fraction of sp³-hybridized carbons (Fsp3) is 0.556. The number of nitrogens with one attached hydrogen (secondary N) is 2. The van der Waals surface area contributed by atoms with Crippen LogP contribution in [-0.2, 0) is 9.59 Å². The number of thioether (sulfide) groups is 1. The molecule has 0 saturated heterocycles. The lowest BCUT2D eigenvalue weighted by Crippen LogP contribution is -2.48. The van der Waals surface area contributed by atoms with Gasteiger partial charge in [0.2, 0.25) is 11.8 Å². The summed E-state index contributed by atoms with van der Waals surface area (Å²) in [6, 6.07) is 9.57. The quantitative estimate of drug-likeness (QED) is 0.805. The summed E-state index contributed by atoms with van der Waals surface area (Å²) >= 11 is 1.67. The maximum atomic E-state index is 12.4. The van der Waals surface area contributed by atoms with Crippen molar-refractivity contribution in [2.24, 2.45) is 0 Å². The molecule has 0 aromatic heterocycles. The average molecular weight is 337 g/mol. The molecule has 0 aliphatic rings. The number of rotatable bonds is 7. The summed E-state index contributed by atoms with van der Waals surface area (Å²) in [6.07, 6.45) is 0. The van der Waals surface area contributed by atoms with Gasteiger partial charge in [-0.25, -0.2) is 0 Å². The highest BCUT2D eigenvalue weighted by molar-refractivity contribution is 8.00. The Bertz CT molecular complexity index is 512. The van der Waals surface area contributed by atoms with Crippen LogP contribution in [0.5, 0.6) is 0 Å². The molecule has 0 spiro atoms. The Labute approximate surface area is 143 Å². The predicted molar refractivity (Wildman–Crippen MR) is 97.7 cm³/mol. The molecule has 0 radical (unpaired) electrons. The minimum atomic E-state index is -0.500. The second kappa shape index (κ2) is 8.96. The van der Waals surface area contributed by atoms with Gasteiger partial charge < -0.3 is 10.6 Å². The van der Waals surface area contributed by atoms with Crippen LogP contribution in [0.1, 0.15) is 46.1 Å². The minimum absolute atomic E-state index is 0.0499. The van der Waals surface area contributed by atoms with E-state index in [-0.39, 0.29) is 22.5 Å². The molecule has 0 aliphatic heterocycles. The number of carbonyl (C=O) groups excluding carboxylic acids is 2. The number of hydrogen-bond acceptors (Lipinski definition) is 3. The fourth-order valence-electron chi connectivity index (χ4n) is 2.04. The van der Waals surface area contributed by atoms with Gasteiger partial charge in [-0.1, -0.05) is 58.0 Å². The summed E-state index contributed by atoms with van der Waals surface area (Å²) in [5.74, 6) is 0.484. The normalized spacial score (nSPS) is 14.0. The maximum Gasteiger partial charge on any atom is 0.243 e. The molecule has 1 aromatic carbocycles. The van der Waals surface area contributed by atoms with Gasteiger partial charge in [-0.2, -0.15) is 11.8 Å². The van der Waals surface area contributed by atoms with Gasteiger partial charge in [0.05, 0.1) is 0 Å². The van der Waals surface area contributed by atoms with E-state index in [9.17, 15) is 9.59 Å². The summed E-state index contributed by atoms with van der Waals surface area (Å²) < 4.78 is 0.0499. The van der Waals surface area contributed by atoms with E-state index in [2.05, 4.69) is 50.5 Å². The number of carbonyl (C=O) groups is 2. The second-order valence-electron chi connectivity index (χ2n) is 6.73. The Morgan fingerprint density at radius 1 is 1.17 bits per heavy atom. The molecule has 4 nitrogen and oxygen atoms in total. The lowest BCUT2D eigenvalue weighted by atomic mass is 10.0. The van der Waals surface area contributed by atoms with E-state index >= 15 is 0 Å². The lowest BCUT2D eigenvalue weighted by molar-refractivity contribution is -0.127. The predicted octanol–water partition coefficient (Wildman–Crippen LogP) is 2.94. The third kappa shape index (κ3) is 8.07. The van der Waals surface area contributed by atoms with E-state index in [4.69, 9.17) is 0 Å². The molecule has 0 fully saturated rings. The van der Waals surface area contributed by atoms with Crippen LogP contribution in [0.4, 0.5) is 0 Å².